The summed E-state index contributed by atoms with van der Waals surface area (Å²) in [5.74, 6) is -0.786. The first-order valence-corrected chi connectivity index (χ1v) is 8.86. The third-order valence-electron chi connectivity index (χ3n) is 4.45. The van der Waals surface area contributed by atoms with Gasteiger partial charge in [0.05, 0.1) is 6.54 Å². The number of aromatic nitrogens is 3. The molecule has 0 amide bonds. The summed E-state index contributed by atoms with van der Waals surface area (Å²) in [7, 11) is 0. The van der Waals surface area contributed by atoms with Crippen LogP contribution < -0.4 is 5.32 Å². The van der Waals surface area contributed by atoms with E-state index < -0.39 is 5.97 Å². The Kier molecular flexibility index (Phi) is 7.41. The SMILES string of the molecule is Cc1ccc(Nc2nn(CCCN3CCCCC3)nc2C(=O)O)cc1.Cl. The molecule has 2 N–H and O–H groups in total. The zero-order valence-electron chi connectivity index (χ0n) is 15.0. The molecule has 142 valence electrons. The smallest absolute Gasteiger partial charge is 0.360 e. The van der Waals surface area contributed by atoms with Gasteiger partial charge in [0.15, 0.2) is 5.82 Å². The fourth-order valence-electron chi connectivity index (χ4n) is 3.07. The highest BCUT2D eigenvalue weighted by molar-refractivity contribution is 5.91. The van der Waals surface area contributed by atoms with E-state index in [4.69, 9.17) is 0 Å². The van der Waals surface area contributed by atoms with E-state index in [1.165, 1.54) is 24.1 Å². The first kappa shape index (κ1) is 20.2. The Morgan fingerprint density at radius 3 is 2.46 bits per heavy atom. The van der Waals surface area contributed by atoms with Crippen molar-refractivity contribution >= 4 is 29.9 Å². The molecule has 8 heteroatoms. The highest BCUT2D eigenvalue weighted by atomic mass is 35.5. The van der Waals surface area contributed by atoms with Crippen molar-refractivity contribution in [2.45, 2.75) is 39.2 Å². The Morgan fingerprint density at radius 1 is 1.12 bits per heavy atom. The summed E-state index contributed by atoms with van der Waals surface area (Å²) in [6.07, 6.45) is 4.78. The Balaban J connectivity index is 0.00000243. The summed E-state index contributed by atoms with van der Waals surface area (Å²) in [6.45, 7) is 5.95. The van der Waals surface area contributed by atoms with Crippen LogP contribution in [0, 0.1) is 6.92 Å². The summed E-state index contributed by atoms with van der Waals surface area (Å²) >= 11 is 0. The lowest BCUT2D eigenvalue weighted by Crippen LogP contribution is -2.31. The summed E-state index contributed by atoms with van der Waals surface area (Å²) in [6, 6.07) is 7.73. The molecule has 0 radical (unpaired) electrons. The third-order valence-corrected chi connectivity index (χ3v) is 4.45. The average Bonchev–Trinajstić information content (AvgIpc) is 3.01. The molecule has 26 heavy (non-hydrogen) atoms. The first-order chi connectivity index (χ1) is 12.1. The van der Waals surface area contributed by atoms with Crippen LogP contribution in [-0.2, 0) is 6.54 Å². The summed E-state index contributed by atoms with van der Waals surface area (Å²) in [5, 5.41) is 20.9. The van der Waals surface area contributed by atoms with Gasteiger partial charge in [-0.3, -0.25) is 0 Å². The van der Waals surface area contributed by atoms with Crippen molar-refractivity contribution in [1.29, 1.82) is 0 Å². The monoisotopic (exact) mass is 379 g/mol. The number of carbonyl (C=O) groups is 1. The van der Waals surface area contributed by atoms with E-state index in [1.54, 1.807) is 0 Å². The predicted octanol–water partition coefficient (Wildman–Crippen LogP) is 3.33. The standard InChI is InChI=1S/C18H25N5O2.ClH/c1-14-6-8-15(9-7-14)19-17-16(18(24)25)20-23(21-17)13-5-12-22-10-3-2-4-11-22;/h6-9H,2-5,10-13H2,1H3,(H,19,21)(H,24,25);1H. The minimum absolute atomic E-state index is 0. The molecule has 0 aliphatic carbocycles. The molecule has 0 atom stereocenters. The van der Waals surface area contributed by atoms with Gasteiger partial charge in [-0.25, -0.2) is 4.79 Å². The van der Waals surface area contributed by atoms with Crippen LogP contribution in [0.4, 0.5) is 11.5 Å². The summed E-state index contributed by atoms with van der Waals surface area (Å²) in [4.78, 5) is 15.4. The number of likely N-dealkylation sites (tertiary alicyclic amines) is 1. The van der Waals surface area contributed by atoms with E-state index in [-0.39, 0.29) is 23.9 Å². The molecule has 0 bridgehead atoms. The van der Waals surface area contributed by atoms with Crippen LogP contribution in [0.1, 0.15) is 41.7 Å². The molecule has 7 nitrogen and oxygen atoms in total. The van der Waals surface area contributed by atoms with Gasteiger partial charge in [-0.15, -0.1) is 22.6 Å². The Labute approximate surface area is 159 Å². The van der Waals surface area contributed by atoms with E-state index in [0.29, 0.717) is 6.54 Å². The summed E-state index contributed by atoms with van der Waals surface area (Å²) < 4.78 is 0. The molecule has 1 aromatic heterocycles. The fourth-order valence-corrected chi connectivity index (χ4v) is 3.07. The van der Waals surface area contributed by atoms with E-state index in [1.807, 2.05) is 31.2 Å². The van der Waals surface area contributed by atoms with Crippen molar-refractivity contribution in [3.8, 4) is 0 Å². The maximum absolute atomic E-state index is 11.4. The zero-order chi connectivity index (χ0) is 17.6. The molecule has 3 rings (SSSR count). The quantitative estimate of drug-likeness (QED) is 0.767. The molecule has 1 aliphatic rings. The van der Waals surface area contributed by atoms with Gasteiger partial charge < -0.3 is 15.3 Å². The van der Waals surface area contributed by atoms with Crippen molar-refractivity contribution < 1.29 is 9.90 Å². The lowest BCUT2D eigenvalue weighted by molar-refractivity contribution is 0.0690. The topological polar surface area (TPSA) is 83.3 Å². The number of anilines is 2. The number of aryl methyl sites for hydroxylation is 2. The van der Waals surface area contributed by atoms with E-state index in [9.17, 15) is 9.90 Å². The van der Waals surface area contributed by atoms with Crippen molar-refractivity contribution in [3.63, 3.8) is 0 Å². The van der Waals surface area contributed by atoms with Gasteiger partial charge >= 0.3 is 5.97 Å². The number of aromatic carboxylic acids is 1. The number of nitrogens with zero attached hydrogens (tertiary/aromatic N) is 4. The minimum Gasteiger partial charge on any atom is -0.476 e. The van der Waals surface area contributed by atoms with Gasteiger partial charge in [0.25, 0.3) is 0 Å². The summed E-state index contributed by atoms with van der Waals surface area (Å²) in [5.41, 5.74) is 1.90. The Bertz CT molecular complexity index is 711. The van der Waals surface area contributed by atoms with Crippen molar-refractivity contribution in [1.82, 2.24) is 19.9 Å². The molecule has 1 aliphatic heterocycles. The molecule has 2 heterocycles. The number of nitrogens with one attached hydrogen (secondary N) is 1. The number of rotatable bonds is 7. The normalized spacial score (nSPS) is 14.7. The molecule has 0 spiro atoms. The Morgan fingerprint density at radius 2 is 1.81 bits per heavy atom. The number of benzene rings is 1. The van der Waals surface area contributed by atoms with Gasteiger partial charge in [-0.05, 0) is 58.0 Å². The number of carboxylic acids is 1. The van der Waals surface area contributed by atoms with Crippen molar-refractivity contribution in [2.24, 2.45) is 0 Å². The van der Waals surface area contributed by atoms with Gasteiger partial charge in [0.1, 0.15) is 0 Å². The molecule has 2 aromatic rings. The molecule has 1 fully saturated rings. The van der Waals surface area contributed by atoms with Gasteiger partial charge in [-0.2, -0.15) is 4.80 Å². The van der Waals surface area contributed by atoms with Crippen LogP contribution in [0.3, 0.4) is 0 Å². The highest BCUT2D eigenvalue weighted by Crippen LogP contribution is 2.18. The van der Waals surface area contributed by atoms with Crippen LogP contribution in [0.15, 0.2) is 24.3 Å². The second-order valence-electron chi connectivity index (χ2n) is 6.55. The van der Waals surface area contributed by atoms with Crippen LogP contribution in [0.2, 0.25) is 0 Å². The number of hydrogen-bond donors (Lipinski definition) is 2. The van der Waals surface area contributed by atoms with Crippen LogP contribution in [0.5, 0.6) is 0 Å². The number of halogens is 1. The van der Waals surface area contributed by atoms with Gasteiger partial charge in [0, 0.05) is 5.69 Å². The molecular formula is C18H26ClN5O2. The second kappa shape index (κ2) is 9.54. The number of hydrogen-bond acceptors (Lipinski definition) is 5. The van der Waals surface area contributed by atoms with Gasteiger partial charge in [-0.1, -0.05) is 24.1 Å². The minimum atomic E-state index is -1.07. The highest BCUT2D eigenvalue weighted by Gasteiger charge is 2.18. The second-order valence-corrected chi connectivity index (χ2v) is 6.55. The lowest BCUT2D eigenvalue weighted by atomic mass is 10.1. The van der Waals surface area contributed by atoms with Crippen LogP contribution >= 0.6 is 12.4 Å². The van der Waals surface area contributed by atoms with E-state index >= 15 is 0 Å². The van der Waals surface area contributed by atoms with Crippen molar-refractivity contribution in [3.05, 3.63) is 35.5 Å². The Hall–Kier alpha value is -2.12. The first-order valence-electron chi connectivity index (χ1n) is 8.86. The molecule has 0 saturated carbocycles. The zero-order valence-corrected chi connectivity index (χ0v) is 15.8. The predicted molar refractivity (Wildman–Crippen MR) is 104 cm³/mol. The number of piperidine rings is 1. The van der Waals surface area contributed by atoms with Gasteiger partial charge in [0.2, 0.25) is 5.69 Å². The van der Waals surface area contributed by atoms with E-state index in [2.05, 4.69) is 20.4 Å². The largest absolute Gasteiger partial charge is 0.476 e. The molecule has 1 saturated heterocycles. The van der Waals surface area contributed by atoms with Crippen molar-refractivity contribution in [2.75, 3.05) is 25.0 Å². The van der Waals surface area contributed by atoms with Crippen LogP contribution in [-0.4, -0.2) is 50.6 Å². The fraction of sp³-hybridized carbons (Fsp3) is 0.500. The molecule has 1 aromatic carbocycles. The maximum Gasteiger partial charge on any atom is 0.360 e. The molecule has 0 unspecified atom stereocenters. The van der Waals surface area contributed by atoms with Crippen LogP contribution in [0.25, 0.3) is 0 Å². The maximum atomic E-state index is 11.4. The average molecular weight is 380 g/mol. The lowest BCUT2D eigenvalue weighted by Gasteiger charge is -2.26. The van der Waals surface area contributed by atoms with E-state index in [0.717, 1.165) is 37.3 Å². The molecular weight excluding hydrogens is 354 g/mol. The number of carboxylic acid groups (broad SMARTS) is 1. The third kappa shape index (κ3) is 5.44.